The van der Waals surface area contributed by atoms with Gasteiger partial charge in [0.05, 0.1) is 37.0 Å². The van der Waals surface area contributed by atoms with Crippen molar-refractivity contribution in [3.63, 3.8) is 0 Å². The lowest BCUT2D eigenvalue weighted by atomic mass is 9.91. The molecule has 2 unspecified atom stereocenters. The zero-order valence-electron chi connectivity index (χ0n) is 20.5. The highest BCUT2D eigenvalue weighted by Crippen LogP contribution is 2.44. The van der Waals surface area contributed by atoms with Crippen LogP contribution in [0.5, 0.6) is 0 Å². The molecule has 3 heterocycles. The predicted molar refractivity (Wildman–Crippen MR) is 135 cm³/mol. The summed E-state index contributed by atoms with van der Waals surface area (Å²) in [7, 11) is 0. The fraction of sp³-hybridized carbons (Fsp3) is 0.379. The number of ether oxygens (including phenoxy) is 2. The van der Waals surface area contributed by atoms with Crippen molar-refractivity contribution in [2.45, 2.75) is 50.7 Å². The fourth-order valence-corrected chi connectivity index (χ4v) is 5.62. The van der Waals surface area contributed by atoms with Crippen LogP contribution < -0.4 is 0 Å². The van der Waals surface area contributed by atoms with Gasteiger partial charge in [-0.15, -0.1) is 0 Å². The number of hydrogen-bond donors (Lipinski definition) is 0. The first-order valence-electron chi connectivity index (χ1n) is 12.4. The van der Waals surface area contributed by atoms with Crippen LogP contribution in [0.1, 0.15) is 49.8 Å². The Labute approximate surface area is 206 Å². The molecule has 35 heavy (non-hydrogen) atoms. The Morgan fingerprint density at radius 1 is 1.06 bits per heavy atom. The maximum Gasteiger partial charge on any atom is 0.410 e. The van der Waals surface area contributed by atoms with E-state index < -0.39 is 0 Å². The van der Waals surface area contributed by atoms with Gasteiger partial charge < -0.3 is 9.47 Å². The first-order valence-corrected chi connectivity index (χ1v) is 12.4. The summed E-state index contributed by atoms with van der Waals surface area (Å²) in [5.74, 6) is 0.0570. The van der Waals surface area contributed by atoms with Gasteiger partial charge in [-0.05, 0) is 55.0 Å². The first kappa shape index (κ1) is 22.1. The van der Waals surface area contributed by atoms with Crippen LogP contribution in [0.25, 0.3) is 16.7 Å². The third-order valence-corrected chi connectivity index (χ3v) is 7.39. The summed E-state index contributed by atoms with van der Waals surface area (Å²) in [6.07, 6.45) is 6.66. The highest BCUT2D eigenvalue weighted by atomic mass is 16.6. The lowest BCUT2D eigenvalue weighted by molar-refractivity contribution is -0.0331. The summed E-state index contributed by atoms with van der Waals surface area (Å²) < 4.78 is 13.8. The SMILES string of the molecule is CC(C)(C)n1cc(C2=CC3COCC(C2)N3C(=O)OCC2c3ccccc3-c3ccccc32)cn1. The molecule has 6 heteroatoms. The maximum absolute atomic E-state index is 13.4. The molecule has 1 saturated heterocycles. The molecule has 0 radical (unpaired) electrons. The molecule has 1 aliphatic carbocycles. The summed E-state index contributed by atoms with van der Waals surface area (Å²) in [5.41, 5.74) is 7.18. The van der Waals surface area contributed by atoms with Gasteiger partial charge in [0, 0.05) is 17.7 Å². The molecule has 2 aliphatic heterocycles. The number of aromatic nitrogens is 2. The van der Waals surface area contributed by atoms with Crippen molar-refractivity contribution in [3.8, 4) is 11.1 Å². The van der Waals surface area contributed by atoms with Crippen LogP contribution in [0.4, 0.5) is 4.79 Å². The standard InChI is InChI=1S/C29H31N3O3/c1-29(2,3)31-15-20(14-30-31)19-12-21-16-34-17-22(13-19)32(21)28(33)35-18-27-25-10-6-4-8-23(25)24-9-5-7-11-26(24)27/h4-12,14-15,21-22,27H,13,16-18H2,1-3H3. The summed E-state index contributed by atoms with van der Waals surface area (Å²) in [6, 6.07) is 16.7. The second-order valence-electron chi connectivity index (χ2n) is 10.7. The van der Waals surface area contributed by atoms with E-state index in [1.54, 1.807) is 0 Å². The Hall–Kier alpha value is -3.38. The molecular weight excluding hydrogens is 438 g/mol. The predicted octanol–water partition coefficient (Wildman–Crippen LogP) is 5.44. The highest BCUT2D eigenvalue weighted by Gasteiger charge is 2.40. The van der Waals surface area contributed by atoms with Gasteiger partial charge >= 0.3 is 6.09 Å². The Balaban J connectivity index is 1.20. The van der Waals surface area contributed by atoms with Gasteiger partial charge in [-0.2, -0.15) is 5.10 Å². The van der Waals surface area contributed by atoms with Crippen LogP contribution in [0, 0.1) is 0 Å². The van der Waals surface area contributed by atoms with Gasteiger partial charge in [-0.1, -0.05) is 54.6 Å². The van der Waals surface area contributed by atoms with Gasteiger partial charge in [-0.25, -0.2) is 4.79 Å². The number of carbonyl (C=O) groups is 1. The van der Waals surface area contributed by atoms with Crippen molar-refractivity contribution in [2.24, 2.45) is 0 Å². The number of hydrogen-bond acceptors (Lipinski definition) is 4. The van der Waals surface area contributed by atoms with Gasteiger partial charge in [0.1, 0.15) is 6.61 Å². The topological polar surface area (TPSA) is 56.6 Å². The number of benzene rings is 2. The highest BCUT2D eigenvalue weighted by molar-refractivity contribution is 5.79. The normalized spacial score (nSPS) is 21.3. The van der Waals surface area contributed by atoms with E-state index in [4.69, 9.17) is 9.47 Å². The maximum atomic E-state index is 13.4. The minimum absolute atomic E-state index is 0.0395. The van der Waals surface area contributed by atoms with Crippen molar-refractivity contribution in [1.82, 2.24) is 14.7 Å². The summed E-state index contributed by atoms with van der Waals surface area (Å²) in [5, 5.41) is 4.56. The molecule has 2 atom stereocenters. The van der Waals surface area contributed by atoms with Crippen molar-refractivity contribution < 1.29 is 14.3 Å². The Morgan fingerprint density at radius 3 is 2.37 bits per heavy atom. The molecule has 1 aromatic heterocycles. The number of carbonyl (C=O) groups excluding carboxylic acids is 1. The second-order valence-corrected chi connectivity index (χ2v) is 10.7. The zero-order valence-corrected chi connectivity index (χ0v) is 20.5. The second kappa shape index (κ2) is 8.38. The number of nitrogens with zero attached hydrogens (tertiary/aromatic N) is 3. The van der Waals surface area contributed by atoms with Gasteiger partial charge in [0.2, 0.25) is 0 Å². The monoisotopic (exact) mass is 469 g/mol. The van der Waals surface area contributed by atoms with Crippen LogP contribution in [0.3, 0.4) is 0 Å². The molecule has 3 aromatic rings. The molecule has 180 valence electrons. The van der Waals surface area contributed by atoms with E-state index >= 15 is 0 Å². The largest absolute Gasteiger partial charge is 0.448 e. The molecule has 0 spiro atoms. The smallest absolute Gasteiger partial charge is 0.410 e. The number of morpholine rings is 1. The molecule has 0 saturated carbocycles. The van der Waals surface area contributed by atoms with Crippen molar-refractivity contribution in [1.29, 1.82) is 0 Å². The Kier molecular flexibility index (Phi) is 5.29. The van der Waals surface area contributed by atoms with Crippen LogP contribution >= 0.6 is 0 Å². The van der Waals surface area contributed by atoms with Crippen LogP contribution in [-0.4, -0.2) is 52.7 Å². The van der Waals surface area contributed by atoms with Gasteiger partial charge in [0.25, 0.3) is 0 Å². The summed E-state index contributed by atoms with van der Waals surface area (Å²) in [6.45, 7) is 7.75. The minimum Gasteiger partial charge on any atom is -0.448 e. The average Bonchev–Trinajstić information content (AvgIpc) is 3.46. The van der Waals surface area contributed by atoms with Gasteiger partial charge in [-0.3, -0.25) is 9.58 Å². The van der Waals surface area contributed by atoms with Crippen molar-refractivity contribution >= 4 is 11.7 Å². The van der Waals surface area contributed by atoms with Crippen LogP contribution in [0.2, 0.25) is 0 Å². The third-order valence-electron chi connectivity index (χ3n) is 7.39. The number of amides is 1. The number of rotatable bonds is 3. The van der Waals surface area contributed by atoms with Crippen LogP contribution in [-0.2, 0) is 15.0 Å². The molecule has 6 nitrogen and oxygen atoms in total. The lowest BCUT2D eigenvalue weighted by Gasteiger charge is -2.43. The molecular formula is C29H31N3O3. The Morgan fingerprint density at radius 2 is 1.74 bits per heavy atom. The molecule has 1 fully saturated rings. The van der Waals surface area contributed by atoms with Crippen LogP contribution in [0.15, 0.2) is 67.0 Å². The first-order chi connectivity index (χ1) is 16.9. The van der Waals surface area contributed by atoms with Crippen molar-refractivity contribution in [3.05, 3.63) is 83.7 Å². The van der Waals surface area contributed by atoms with Gasteiger partial charge in [0.15, 0.2) is 0 Å². The third kappa shape index (κ3) is 3.86. The van der Waals surface area contributed by atoms with E-state index in [-0.39, 0.29) is 29.6 Å². The molecule has 2 bridgehead atoms. The molecule has 3 aliphatic rings. The van der Waals surface area contributed by atoms with Crippen molar-refractivity contribution in [2.75, 3.05) is 19.8 Å². The van der Waals surface area contributed by atoms with E-state index in [2.05, 4.69) is 86.7 Å². The van der Waals surface area contributed by atoms with E-state index in [1.165, 1.54) is 27.8 Å². The van der Waals surface area contributed by atoms with E-state index in [9.17, 15) is 4.79 Å². The number of fused-ring (bicyclic) bond motifs is 5. The fourth-order valence-electron chi connectivity index (χ4n) is 5.62. The quantitative estimate of drug-likeness (QED) is 0.512. The lowest BCUT2D eigenvalue weighted by Crippen LogP contribution is -2.56. The molecule has 0 N–H and O–H groups in total. The zero-order chi connectivity index (χ0) is 24.2. The Bertz CT molecular complexity index is 1260. The molecule has 6 rings (SSSR count). The van der Waals surface area contributed by atoms with E-state index in [0.29, 0.717) is 19.8 Å². The van der Waals surface area contributed by atoms with E-state index in [1.807, 2.05) is 15.8 Å². The summed E-state index contributed by atoms with van der Waals surface area (Å²) >= 11 is 0. The van der Waals surface area contributed by atoms with E-state index in [0.717, 1.165) is 12.0 Å². The minimum atomic E-state index is -0.258. The molecule has 1 amide bonds. The summed E-state index contributed by atoms with van der Waals surface area (Å²) in [4.78, 5) is 15.3. The average molecular weight is 470 g/mol. The molecule has 2 aromatic carbocycles.